The zero-order chi connectivity index (χ0) is 21.3. The number of rotatable bonds is 5. The van der Waals surface area contributed by atoms with Crippen molar-refractivity contribution in [3.8, 4) is 0 Å². The highest BCUT2D eigenvalue weighted by Gasteiger charge is 2.56. The van der Waals surface area contributed by atoms with E-state index in [1.165, 1.54) is 0 Å². The molecule has 2 N–H and O–H groups in total. The van der Waals surface area contributed by atoms with E-state index in [-0.39, 0.29) is 29.6 Å². The number of unbranched alkanes of at least 4 members (excludes halogenated alkanes) is 1. The molecule has 3 amide bonds. The van der Waals surface area contributed by atoms with Gasteiger partial charge < -0.3 is 15.5 Å². The lowest BCUT2D eigenvalue weighted by molar-refractivity contribution is -0.140. The Hall–Kier alpha value is -2.37. The van der Waals surface area contributed by atoms with E-state index in [0.29, 0.717) is 38.0 Å². The molecule has 1 saturated heterocycles. The molecule has 1 spiro atoms. The lowest BCUT2D eigenvalue weighted by atomic mass is 9.70. The fourth-order valence-corrected chi connectivity index (χ4v) is 5.85. The van der Waals surface area contributed by atoms with Crippen LogP contribution in [0.25, 0.3) is 0 Å². The molecule has 6 nitrogen and oxygen atoms in total. The molecule has 1 saturated carbocycles. The van der Waals surface area contributed by atoms with E-state index in [2.05, 4.69) is 6.92 Å². The lowest BCUT2D eigenvalue weighted by Gasteiger charge is -2.51. The van der Waals surface area contributed by atoms with Crippen molar-refractivity contribution in [2.75, 3.05) is 19.6 Å². The second-order valence-electron chi connectivity index (χ2n) is 9.14. The number of benzene rings is 1. The van der Waals surface area contributed by atoms with Gasteiger partial charge in [0.15, 0.2) is 0 Å². The second kappa shape index (κ2) is 8.40. The standard InChI is InChI=1S/C24H33N3O3/c1-2-3-14-27-22(29)19-9-5-4-8-18(19)20(24(27)12-6-7-13-24)23(30)26-15-10-17(11-16-26)21(25)28/h4-5,8-9,17,20H,2-3,6-7,10-16H2,1H3,(H2,25,28). The highest BCUT2D eigenvalue weighted by molar-refractivity contribution is 6.02. The molecule has 1 aliphatic carbocycles. The van der Waals surface area contributed by atoms with Gasteiger partial charge in [0.2, 0.25) is 11.8 Å². The van der Waals surface area contributed by atoms with Gasteiger partial charge in [0, 0.05) is 31.1 Å². The summed E-state index contributed by atoms with van der Waals surface area (Å²) in [6.45, 7) is 3.96. The van der Waals surface area contributed by atoms with Crippen LogP contribution in [0.3, 0.4) is 0 Å². The third kappa shape index (κ3) is 3.40. The molecule has 30 heavy (non-hydrogen) atoms. The van der Waals surface area contributed by atoms with Gasteiger partial charge in [0.1, 0.15) is 0 Å². The van der Waals surface area contributed by atoms with Crippen LogP contribution in [0, 0.1) is 5.92 Å². The number of fused-ring (bicyclic) bond motifs is 1. The Morgan fingerprint density at radius 3 is 2.43 bits per heavy atom. The molecular weight excluding hydrogens is 378 g/mol. The molecule has 1 unspecified atom stereocenters. The Morgan fingerprint density at radius 1 is 1.13 bits per heavy atom. The zero-order valence-electron chi connectivity index (χ0n) is 17.9. The molecule has 4 rings (SSSR count). The molecule has 0 bridgehead atoms. The average Bonchev–Trinajstić information content (AvgIpc) is 3.23. The van der Waals surface area contributed by atoms with E-state index in [1.54, 1.807) is 0 Å². The molecule has 3 aliphatic rings. The van der Waals surface area contributed by atoms with Gasteiger partial charge in [0.05, 0.1) is 11.5 Å². The number of nitrogens with two attached hydrogens (primary N) is 1. The van der Waals surface area contributed by atoms with Crippen molar-refractivity contribution in [3.05, 3.63) is 35.4 Å². The summed E-state index contributed by atoms with van der Waals surface area (Å²) in [5.74, 6) is -0.543. The maximum absolute atomic E-state index is 14.0. The molecule has 1 aromatic rings. The fraction of sp³-hybridized carbons (Fsp3) is 0.625. The van der Waals surface area contributed by atoms with Gasteiger partial charge in [0.25, 0.3) is 5.91 Å². The highest BCUT2D eigenvalue weighted by Crippen LogP contribution is 2.51. The third-order valence-corrected chi connectivity index (χ3v) is 7.48. The quantitative estimate of drug-likeness (QED) is 0.808. The van der Waals surface area contributed by atoms with Crippen LogP contribution in [0.5, 0.6) is 0 Å². The Bertz CT molecular complexity index is 823. The molecule has 1 aromatic carbocycles. The maximum Gasteiger partial charge on any atom is 0.254 e. The SMILES string of the molecule is CCCCN1C(=O)c2ccccc2C(C(=O)N2CCC(C(N)=O)CC2)C12CCCC2. The number of piperidine rings is 1. The smallest absolute Gasteiger partial charge is 0.254 e. The van der Waals surface area contributed by atoms with Crippen molar-refractivity contribution in [3.63, 3.8) is 0 Å². The summed E-state index contributed by atoms with van der Waals surface area (Å²) in [7, 11) is 0. The summed E-state index contributed by atoms with van der Waals surface area (Å²) < 4.78 is 0. The number of nitrogens with zero attached hydrogens (tertiary/aromatic N) is 2. The third-order valence-electron chi connectivity index (χ3n) is 7.48. The van der Waals surface area contributed by atoms with E-state index >= 15 is 0 Å². The van der Waals surface area contributed by atoms with Gasteiger partial charge in [-0.05, 0) is 43.7 Å². The van der Waals surface area contributed by atoms with E-state index in [0.717, 1.165) is 44.1 Å². The van der Waals surface area contributed by atoms with Crippen LogP contribution in [-0.2, 0) is 9.59 Å². The van der Waals surface area contributed by atoms with Gasteiger partial charge in [-0.15, -0.1) is 0 Å². The minimum Gasteiger partial charge on any atom is -0.369 e. The van der Waals surface area contributed by atoms with Crippen LogP contribution in [0.2, 0.25) is 0 Å². The maximum atomic E-state index is 14.0. The Morgan fingerprint density at radius 2 is 1.80 bits per heavy atom. The molecule has 0 radical (unpaired) electrons. The van der Waals surface area contributed by atoms with Crippen LogP contribution in [-0.4, -0.2) is 52.7 Å². The normalized spacial score (nSPS) is 23.6. The van der Waals surface area contributed by atoms with E-state index < -0.39 is 5.54 Å². The predicted molar refractivity (Wildman–Crippen MR) is 115 cm³/mol. The minimum atomic E-state index is -0.418. The summed E-state index contributed by atoms with van der Waals surface area (Å²) in [6.07, 6.45) is 7.07. The number of primary amides is 1. The van der Waals surface area contributed by atoms with Crippen LogP contribution in [0.1, 0.15) is 80.1 Å². The summed E-state index contributed by atoms with van der Waals surface area (Å²) in [5.41, 5.74) is 6.63. The first-order chi connectivity index (χ1) is 14.5. The van der Waals surface area contributed by atoms with Gasteiger partial charge in [-0.3, -0.25) is 14.4 Å². The van der Waals surface area contributed by atoms with Gasteiger partial charge in [-0.2, -0.15) is 0 Å². The number of carbonyl (C=O) groups is 3. The zero-order valence-corrected chi connectivity index (χ0v) is 17.9. The van der Waals surface area contributed by atoms with Crippen molar-refractivity contribution in [2.45, 2.75) is 69.7 Å². The summed E-state index contributed by atoms with van der Waals surface area (Å²) in [6, 6.07) is 7.68. The van der Waals surface area contributed by atoms with Crippen molar-refractivity contribution in [1.82, 2.24) is 9.80 Å². The fourth-order valence-electron chi connectivity index (χ4n) is 5.85. The highest BCUT2D eigenvalue weighted by atomic mass is 16.2. The molecule has 2 aliphatic heterocycles. The molecule has 2 heterocycles. The number of hydrogen-bond donors (Lipinski definition) is 1. The first-order valence-electron chi connectivity index (χ1n) is 11.5. The summed E-state index contributed by atoms with van der Waals surface area (Å²) in [4.78, 5) is 43.0. The topological polar surface area (TPSA) is 83.7 Å². The van der Waals surface area contributed by atoms with Crippen LogP contribution in [0.4, 0.5) is 0 Å². The van der Waals surface area contributed by atoms with Gasteiger partial charge >= 0.3 is 0 Å². The van der Waals surface area contributed by atoms with Crippen LogP contribution < -0.4 is 5.73 Å². The largest absolute Gasteiger partial charge is 0.369 e. The first kappa shape index (κ1) is 20.9. The van der Waals surface area contributed by atoms with Gasteiger partial charge in [-0.1, -0.05) is 44.4 Å². The number of carbonyl (C=O) groups excluding carboxylic acids is 3. The van der Waals surface area contributed by atoms with Crippen molar-refractivity contribution in [1.29, 1.82) is 0 Å². The van der Waals surface area contributed by atoms with Crippen LogP contribution in [0.15, 0.2) is 24.3 Å². The number of amides is 3. The van der Waals surface area contributed by atoms with Crippen LogP contribution >= 0.6 is 0 Å². The van der Waals surface area contributed by atoms with E-state index in [9.17, 15) is 14.4 Å². The van der Waals surface area contributed by atoms with Crippen molar-refractivity contribution < 1.29 is 14.4 Å². The molecule has 6 heteroatoms. The molecule has 0 aromatic heterocycles. The Labute approximate surface area is 178 Å². The van der Waals surface area contributed by atoms with E-state index in [1.807, 2.05) is 34.1 Å². The number of likely N-dealkylation sites (tertiary alicyclic amines) is 1. The Balaban J connectivity index is 1.72. The van der Waals surface area contributed by atoms with Crippen molar-refractivity contribution in [2.24, 2.45) is 11.7 Å². The lowest BCUT2D eigenvalue weighted by Crippen LogP contribution is -2.61. The molecule has 2 fully saturated rings. The average molecular weight is 412 g/mol. The first-order valence-corrected chi connectivity index (χ1v) is 11.5. The van der Waals surface area contributed by atoms with Gasteiger partial charge in [-0.25, -0.2) is 0 Å². The van der Waals surface area contributed by atoms with Crippen molar-refractivity contribution >= 4 is 17.7 Å². The number of hydrogen-bond acceptors (Lipinski definition) is 3. The predicted octanol–water partition coefficient (Wildman–Crippen LogP) is 3.06. The molecule has 162 valence electrons. The van der Waals surface area contributed by atoms with E-state index in [4.69, 9.17) is 5.73 Å². The summed E-state index contributed by atoms with van der Waals surface area (Å²) in [5, 5.41) is 0. The monoisotopic (exact) mass is 411 g/mol. The Kier molecular flexibility index (Phi) is 5.85. The second-order valence-corrected chi connectivity index (χ2v) is 9.14. The molecule has 1 atom stereocenters. The summed E-state index contributed by atoms with van der Waals surface area (Å²) >= 11 is 0. The minimum absolute atomic E-state index is 0.0810. The molecular formula is C24H33N3O3.